The summed E-state index contributed by atoms with van der Waals surface area (Å²) in [5, 5.41) is 0. The number of nitrogens with zero attached hydrogens (tertiary/aromatic N) is 1. The van der Waals surface area contributed by atoms with E-state index in [1.54, 1.807) is 24.2 Å². The van der Waals surface area contributed by atoms with E-state index >= 15 is 0 Å². The Kier molecular flexibility index (Phi) is 16.1. The second kappa shape index (κ2) is 16.0. The number of rotatable bonds is 2. The average Bonchev–Trinajstić information content (AvgIpc) is 3.09. The molecule has 10 radical (unpaired) electrons. The summed E-state index contributed by atoms with van der Waals surface area (Å²) in [6.45, 7) is 22.3. The van der Waals surface area contributed by atoms with Crippen molar-refractivity contribution in [3.05, 3.63) is 89.8 Å². The van der Waals surface area contributed by atoms with Gasteiger partial charge in [0.25, 0.3) is 0 Å². The molecular weight excluding hydrogens is 462 g/mol. The van der Waals surface area contributed by atoms with Crippen LogP contribution in [-0.4, -0.2) is 4.98 Å². The molecule has 0 atom stereocenters. The molecule has 1 aromatic rings. The van der Waals surface area contributed by atoms with Crippen LogP contribution < -0.4 is 0 Å². The van der Waals surface area contributed by atoms with Gasteiger partial charge in [-0.2, -0.15) is 0 Å². The zero-order valence-electron chi connectivity index (χ0n) is 20.7. The zero-order valence-corrected chi connectivity index (χ0v) is 23.9. The van der Waals surface area contributed by atoms with Crippen LogP contribution in [0.2, 0.25) is 0 Å². The molecule has 0 N–H and O–H groups in total. The van der Waals surface area contributed by atoms with Crippen molar-refractivity contribution in [2.45, 2.75) is 82.1 Å². The molecule has 162 valence electrons. The summed E-state index contributed by atoms with van der Waals surface area (Å²) >= 11 is 1.13. The summed E-state index contributed by atoms with van der Waals surface area (Å²) in [7, 11) is 4.17. The van der Waals surface area contributed by atoms with Gasteiger partial charge < -0.3 is 0 Å². The first kappa shape index (κ1) is 30.3. The maximum Gasteiger partial charge on any atom is 0.0267 e. The van der Waals surface area contributed by atoms with Gasteiger partial charge in [-0.15, -0.1) is 0 Å². The minimum absolute atomic E-state index is 1.13. The van der Waals surface area contributed by atoms with E-state index in [-0.39, 0.29) is 0 Å². The molecule has 0 spiro atoms. The Balaban J connectivity index is 0.000000419. The van der Waals surface area contributed by atoms with Crippen molar-refractivity contribution in [3.8, 4) is 0 Å². The van der Waals surface area contributed by atoms with E-state index in [0.29, 0.717) is 0 Å². The Morgan fingerprint density at radius 3 is 0.900 bits per heavy atom. The third kappa shape index (κ3) is 8.31. The summed E-state index contributed by atoms with van der Waals surface area (Å²) < 4.78 is 0. The standard InChI is InChI=1S/2C11H17.C5H5N.S.Zr/c2*1-6-11-9(4)7(2)8(3)10(11)5;1-2-4-6-5-3-1;;/h2*6H2,1-5H3;1-5H;;. The van der Waals surface area contributed by atoms with Crippen LogP contribution in [0.4, 0.5) is 0 Å². The van der Waals surface area contributed by atoms with Gasteiger partial charge in [-0.1, -0.05) is 75.3 Å². The molecule has 3 heteroatoms. The van der Waals surface area contributed by atoms with Crippen molar-refractivity contribution in [2.75, 3.05) is 0 Å². The molecule has 2 saturated carbocycles. The van der Waals surface area contributed by atoms with E-state index < -0.39 is 0 Å². The van der Waals surface area contributed by atoms with Crippen LogP contribution in [0, 0.1) is 59.2 Å². The molecule has 0 amide bonds. The summed E-state index contributed by atoms with van der Waals surface area (Å²) in [5.41, 5.74) is 0. The third-order valence-electron chi connectivity index (χ3n) is 6.46. The van der Waals surface area contributed by atoms with Crippen molar-refractivity contribution in [2.24, 2.45) is 0 Å². The van der Waals surface area contributed by atoms with Crippen LogP contribution in [0.25, 0.3) is 0 Å². The van der Waals surface area contributed by atoms with Crippen molar-refractivity contribution in [1.29, 1.82) is 0 Å². The van der Waals surface area contributed by atoms with Gasteiger partial charge in [0.1, 0.15) is 0 Å². The van der Waals surface area contributed by atoms with Crippen LogP contribution in [0.1, 0.15) is 82.1 Å². The topological polar surface area (TPSA) is 12.9 Å². The molecule has 3 rings (SSSR count). The van der Waals surface area contributed by atoms with Crippen molar-refractivity contribution in [1.82, 2.24) is 4.98 Å². The Hall–Kier alpha value is 0.253. The van der Waals surface area contributed by atoms with Crippen LogP contribution in [0.3, 0.4) is 0 Å². The summed E-state index contributed by atoms with van der Waals surface area (Å²) in [6, 6.07) is 5.72. The largest absolute Gasteiger partial charge is 0.265 e. The molecule has 0 bridgehead atoms. The second-order valence-corrected chi connectivity index (χ2v) is 7.69. The third-order valence-corrected chi connectivity index (χ3v) is 6.46. The van der Waals surface area contributed by atoms with Gasteiger partial charge in [-0.25, -0.2) is 0 Å². The maximum absolute atomic E-state index is 4.17. The molecule has 0 aromatic carbocycles. The fourth-order valence-electron chi connectivity index (χ4n) is 3.97. The maximum atomic E-state index is 4.17. The number of pyridine rings is 1. The predicted molar refractivity (Wildman–Crippen MR) is 130 cm³/mol. The first-order valence-corrected chi connectivity index (χ1v) is 14.1. The number of hydrogen-bond donors (Lipinski definition) is 0. The van der Waals surface area contributed by atoms with Crippen molar-refractivity contribution in [3.63, 3.8) is 0 Å². The molecular formula is C27H39NSZr. The van der Waals surface area contributed by atoms with Crippen LogP contribution in [0.5, 0.6) is 0 Å². The quantitative estimate of drug-likeness (QED) is 0.404. The van der Waals surface area contributed by atoms with E-state index in [4.69, 9.17) is 0 Å². The average molecular weight is 501 g/mol. The first-order chi connectivity index (χ1) is 14.2. The van der Waals surface area contributed by atoms with Gasteiger partial charge in [0.15, 0.2) is 0 Å². The Morgan fingerprint density at radius 1 is 0.533 bits per heavy atom. The van der Waals surface area contributed by atoms with E-state index in [9.17, 15) is 0 Å². The SMILES string of the molecule is CC[C]1[C](C)[C](C)[C](C)[C]1C.CC[C]1[C](C)[C](C)[C](C)[C]1C.[S]=[Zr].c1ccncc1. The predicted octanol–water partition coefficient (Wildman–Crippen LogP) is 8.45. The number of aromatic nitrogens is 1. The van der Waals surface area contributed by atoms with Crippen molar-refractivity contribution < 1.29 is 22.7 Å². The molecule has 30 heavy (non-hydrogen) atoms. The summed E-state index contributed by atoms with van der Waals surface area (Å²) in [5.74, 6) is 15.1. The van der Waals surface area contributed by atoms with Crippen LogP contribution >= 0.6 is 8.86 Å². The van der Waals surface area contributed by atoms with Gasteiger partial charge in [0, 0.05) is 12.4 Å². The normalized spacial score (nSPS) is 21.5. The molecule has 1 heterocycles. The van der Waals surface area contributed by atoms with E-state index in [0.717, 1.165) is 22.7 Å². The van der Waals surface area contributed by atoms with Gasteiger partial charge in [-0.05, 0) is 84.2 Å². The Labute approximate surface area is 207 Å². The van der Waals surface area contributed by atoms with Gasteiger partial charge in [0.2, 0.25) is 0 Å². The van der Waals surface area contributed by atoms with Crippen LogP contribution in [-0.2, 0) is 22.7 Å². The molecule has 2 aliphatic carbocycles. The molecule has 1 nitrogen and oxygen atoms in total. The molecule has 0 unspecified atom stereocenters. The van der Waals surface area contributed by atoms with E-state index in [1.165, 1.54) is 60.2 Å². The monoisotopic (exact) mass is 499 g/mol. The molecule has 0 aliphatic heterocycles. The molecule has 2 fully saturated rings. The summed E-state index contributed by atoms with van der Waals surface area (Å²) in [4.78, 5) is 3.78. The van der Waals surface area contributed by atoms with Crippen molar-refractivity contribution >= 4 is 8.86 Å². The van der Waals surface area contributed by atoms with E-state index in [1.807, 2.05) is 18.2 Å². The summed E-state index contributed by atoms with van der Waals surface area (Å²) in [6.07, 6.45) is 5.85. The fraction of sp³-hybridized carbons (Fsp3) is 0.444. The molecule has 0 saturated heterocycles. The zero-order chi connectivity index (χ0) is 23.4. The molecule has 1 aromatic heterocycles. The Morgan fingerprint density at radius 2 is 0.800 bits per heavy atom. The Bertz CT molecular complexity index is 452. The smallest absolute Gasteiger partial charge is 0.0267 e. The van der Waals surface area contributed by atoms with Gasteiger partial charge >= 0.3 is 31.5 Å². The van der Waals surface area contributed by atoms with Gasteiger partial charge in [-0.3, -0.25) is 4.98 Å². The minimum atomic E-state index is 1.13. The number of hydrogen-bond acceptors (Lipinski definition) is 2. The van der Waals surface area contributed by atoms with Gasteiger partial charge in [0.05, 0.1) is 0 Å². The second-order valence-electron chi connectivity index (χ2n) is 7.69. The van der Waals surface area contributed by atoms with Crippen LogP contribution in [0.15, 0.2) is 30.6 Å². The minimum Gasteiger partial charge on any atom is -0.265 e. The fourth-order valence-corrected chi connectivity index (χ4v) is 3.97. The molecule has 2 aliphatic rings. The first-order valence-electron chi connectivity index (χ1n) is 10.7. The van der Waals surface area contributed by atoms with E-state index in [2.05, 4.69) is 83.1 Å².